The molecule has 1 aliphatic heterocycles. The molecule has 0 radical (unpaired) electrons. The smallest absolute Gasteiger partial charge is 0.261 e. The van der Waals surface area contributed by atoms with Crippen LogP contribution in [0.25, 0.3) is 10.1 Å². The zero-order chi connectivity index (χ0) is 19.7. The van der Waals surface area contributed by atoms with Crippen molar-refractivity contribution in [3.63, 3.8) is 0 Å². The number of hydrogen-bond acceptors (Lipinski definition) is 6. The fourth-order valence-electron chi connectivity index (χ4n) is 3.60. The molecule has 1 fully saturated rings. The van der Waals surface area contributed by atoms with E-state index in [0.717, 1.165) is 45.2 Å². The topological polar surface area (TPSA) is 54.5 Å². The van der Waals surface area contributed by atoms with Gasteiger partial charge in [-0.2, -0.15) is 0 Å². The van der Waals surface area contributed by atoms with Gasteiger partial charge in [0.2, 0.25) is 0 Å². The fourth-order valence-corrected chi connectivity index (χ4v) is 5.60. The van der Waals surface area contributed by atoms with E-state index in [1.165, 1.54) is 4.88 Å². The SMILES string of the molecule is Cc1ncc(CN2CCOC(c3c(C(=O)NC(C)C)sc4ccccc34)C2)s1. The predicted molar refractivity (Wildman–Crippen MR) is 115 cm³/mol. The molecule has 1 aliphatic rings. The predicted octanol–water partition coefficient (Wildman–Crippen LogP) is 4.38. The van der Waals surface area contributed by atoms with Crippen LogP contribution in [0.15, 0.2) is 30.5 Å². The summed E-state index contributed by atoms with van der Waals surface area (Å²) >= 11 is 3.30. The van der Waals surface area contributed by atoms with Gasteiger partial charge in [0.25, 0.3) is 5.91 Å². The summed E-state index contributed by atoms with van der Waals surface area (Å²) in [7, 11) is 0. The van der Waals surface area contributed by atoms with E-state index < -0.39 is 0 Å². The van der Waals surface area contributed by atoms with Crippen LogP contribution in [0.2, 0.25) is 0 Å². The van der Waals surface area contributed by atoms with Crippen molar-refractivity contribution in [1.29, 1.82) is 0 Å². The minimum Gasteiger partial charge on any atom is -0.371 e. The summed E-state index contributed by atoms with van der Waals surface area (Å²) in [6.07, 6.45) is 1.86. The van der Waals surface area contributed by atoms with Crippen LogP contribution >= 0.6 is 22.7 Å². The zero-order valence-electron chi connectivity index (χ0n) is 16.4. The van der Waals surface area contributed by atoms with E-state index in [4.69, 9.17) is 4.74 Å². The fraction of sp³-hybridized carbons (Fsp3) is 0.429. The Hall–Kier alpha value is -1.80. The molecule has 28 heavy (non-hydrogen) atoms. The number of benzene rings is 1. The molecule has 5 nitrogen and oxygen atoms in total. The van der Waals surface area contributed by atoms with Crippen molar-refractivity contribution in [2.75, 3.05) is 19.7 Å². The summed E-state index contributed by atoms with van der Waals surface area (Å²) in [5.41, 5.74) is 1.03. The third kappa shape index (κ3) is 4.12. The van der Waals surface area contributed by atoms with Crippen LogP contribution < -0.4 is 5.32 Å². The molecule has 1 unspecified atom stereocenters. The minimum atomic E-state index is -0.105. The van der Waals surface area contributed by atoms with Crippen molar-refractivity contribution < 1.29 is 9.53 Å². The lowest BCUT2D eigenvalue weighted by Gasteiger charge is -2.33. The number of fused-ring (bicyclic) bond motifs is 1. The number of carbonyl (C=O) groups excluding carboxylic acids is 1. The van der Waals surface area contributed by atoms with Gasteiger partial charge in [-0.1, -0.05) is 18.2 Å². The largest absolute Gasteiger partial charge is 0.371 e. The van der Waals surface area contributed by atoms with Crippen LogP contribution in [-0.2, 0) is 11.3 Å². The van der Waals surface area contributed by atoms with E-state index in [2.05, 4.69) is 27.3 Å². The van der Waals surface area contributed by atoms with Gasteiger partial charge >= 0.3 is 0 Å². The van der Waals surface area contributed by atoms with Crippen LogP contribution in [0.5, 0.6) is 0 Å². The van der Waals surface area contributed by atoms with E-state index in [9.17, 15) is 4.79 Å². The highest BCUT2D eigenvalue weighted by molar-refractivity contribution is 7.21. The summed E-state index contributed by atoms with van der Waals surface area (Å²) < 4.78 is 7.30. The Balaban J connectivity index is 1.64. The quantitative estimate of drug-likeness (QED) is 0.672. The van der Waals surface area contributed by atoms with E-state index in [1.807, 2.05) is 39.1 Å². The van der Waals surface area contributed by atoms with Crippen LogP contribution in [0.3, 0.4) is 0 Å². The van der Waals surface area contributed by atoms with Gasteiger partial charge < -0.3 is 10.1 Å². The molecular formula is C21H25N3O2S2. The van der Waals surface area contributed by atoms with E-state index >= 15 is 0 Å². The second kappa shape index (κ2) is 8.29. The molecule has 2 aromatic heterocycles. The average molecular weight is 416 g/mol. The lowest BCUT2D eigenvalue weighted by molar-refractivity contribution is -0.0320. The lowest BCUT2D eigenvalue weighted by atomic mass is 10.0. The van der Waals surface area contributed by atoms with Crippen molar-refractivity contribution in [2.45, 2.75) is 39.5 Å². The molecule has 1 atom stereocenters. The molecule has 1 saturated heterocycles. The molecule has 0 bridgehead atoms. The first-order valence-electron chi connectivity index (χ1n) is 9.59. The van der Waals surface area contributed by atoms with Crippen molar-refractivity contribution in [2.24, 2.45) is 0 Å². The molecule has 1 N–H and O–H groups in total. The summed E-state index contributed by atoms with van der Waals surface area (Å²) in [5, 5.41) is 5.27. The Morgan fingerprint density at radius 2 is 2.18 bits per heavy atom. The van der Waals surface area contributed by atoms with Crippen LogP contribution in [-0.4, -0.2) is 41.5 Å². The van der Waals surface area contributed by atoms with Gasteiger partial charge in [0.05, 0.1) is 22.6 Å². The lowest BCUT2D eigenvalue weighted by Crippen LogP contribution is -2.38. The first-order chi connectivity index (χ1) is 13.5. The van der Waals surface area contributed by atoms with Gasteiger partial charge in [-0.15, -0.1) is 22.7 Å². The number of amides is 1. The number of morpholine rings is 1. The Morgan fingerprint density at radius 1 is 1.36 bits per heavy atom. The monoisotopic (exact) mass is 415 g/mol. The molecule has 7 heteroatoms. The molecule has 4 rings (SSSR count). The second-order valence-corrected chi connectivity index (χ2v) is 9.78. The third-order valence-electron chi connectivity index (χ3n) is 4.78. The first-order valence-corrected chi connectivity index (χ1v) is 11.2. The van der Waals surface area contributed by atoms with Gasteiger partial charge in [0.1, 0.15) is 0 Å². The number of thiazole rings is 1. The average Bonchev–Trinajstić information content (AvgIpc) is 3.24. The number of hydrogen-bond donors (Lipinski definition) is 1. The highest BCUT2D eigenvalue weighted by Crippen LogP contribution is 2.38. The first kappa shape index (κ1) is 19.5. The molecule has 3 heterocycles. The van der Waals surface area contributed by atoms with Crippen molar-refractivity contribution >= 4 is 38.7 Å². The highest BCUT2D eigenvalue weighted by Gasteiger charge is 2.30. The summed E-state index contributed by atoms with van der Waals surface area (Å²) in [4.78, 5) is 21.7. The number of nitrogens with one attached hydrogen (secondary N) is 1. The number of rotatable bonds is 5. The van der Waals surface area contributed by atoms with Gasteiger partial charge in [-0.3, -0.25) is 9.69 Å². The van der Waals surface area contributed by atoms with Gasteiger partial charge in [0.15, 0.2) is 0 Å². The second-order valence-electron chi connectivity index (χ2n) is 7.41. The van der Waals surface area contributed by atoms with Crippen LogP contribution in [0.4, 0.5) is 0 Å². The highest BCUT2D eigenvalue weighted by atomic mass is 32.1. The summed E-state index contributed by atoms with van der Waals surface area (Å²) in [6.45, 7) is 9.22. The summed E-state index contributed by atoms with van der Waals surface area (Å²) in [6, 6.07) is 8.33. The van der Waals surface area contributed by atoms with Crippen LogP contribution in [0.1, 0.15) is 45.1 Å². The Labute approximate surface area is 173 Å². The molecular weight excluding hydrogens is 390 g/mol. The minimum absolute atomic E-state index is 0.00925. The molecule has 1 aromatic carbocycles. The Kier molecular flexibility index (Phi) is 5.78. The standard InChI is InChI=1S/C21H25N3O2S2/c1-13(2)23-21(25)20-19(16-6-4-5-7-18(16)28-20)17-12-24(8-9-26-17)11-15-10-22-14(3)27-15/h4-7,10,13,17H,8-9,11-12H2,1-3H3,(H,23,25). The summed E-state index contributed by atoms with van der Waals surface area (Å²) in [5.74, 6) is -0.00925. The van der Waals surface area contributed by atoms with Crippen molar-refractivity contribution in [1.82, 2.24) is 15.2 Å². The maximum Gasteiger partial charge on any atom is 0.261 e. The third-order valence-corrected chi connectivity index (χ3v) is 6.86. The number of nitrogens with zero attached hydrogens (tertiary/aromatic N) is 2. The Bertz CT molecular complexity index is 979. The molecule has 148 valence electrons. The number of carbonyl (C=O) groups is 1. The van der Waals surface area contributed by atoms with E-state index in [1.54, 1.807) is 22.7 Å². The maximum atomic E-state index is 12.9. The molecule has 0 spiro atoms. The van der Waals surface area contributed by atoms with Gasteiger partial charge in [0, 0.05) is 47.0 Å². The van der Waals surface area contributed by atoms with Crippen molar-refractivity contribution in [3.05, 3.63) is 50.8 Å². The maximum absolute atomic E-state index is 12.9. The number of ether oxygens (including phenoxy) is 1. The van der Waals surface area contributed by atoms with E-state index in [0.29, 0.717) is 6.61 Å². The van der Waals surface area contributed by atoms with Crippen molar-refractivity contribution in [3.8, 4) is 0 Å². The molecule has 3 aromatic rings. The van der Waals surface area contributed by atoms with Crippen LogP contribution in [0, 0.1) is 6.92 Å². The van der Waals surface area contributed by atoms with Gasteiger partial charge in [-0.05, 0) is 32.2 Å². The number of aromatic nitrogens is 1. The number of thiophene rings is 1. The zero-order valence-corrected chi connectivity index (χ0v) is 18.0. The normalized spacial score (nSPS) is 18.1. The van der Waals surface area contributed by atoms with Gasteiger partial charge in [-0.25, -0.2) is 4.98 Å². The molecule has 1 amide bonds. The molecule has 0 aliphatic carbocycles. The van der Waals surface area contributed by atoms with E-state index in [-0.39, 0.29) is 18.1 Å². The Morgan fingerprint density at radius 3 is 2.93 bits per heavy atom. The number of aryl methyl sites for hydroxylation is 1. The molecule has 0 saturated carbocycles.